The number of hydrogen-bond acceptors (Lipinski definition) is 5. The Morgan fingerprint density at radius 1 is 1.53 bits per heavy atom. The highest BCUT2D eigenvalue weighted by Gasteiger charge is 2.25. The average Bonchev–Trinajstić information content (AvgIpc) is 2.45. The SMILES string of the molecule is Cc1noc(C)c1S(=O)(=O)NC(C)C#N. The van der Waals surface area contributed by atoms with Crippen LogP contribution in [0.2, 0.25) is 0 Å². The van der Waals surface area contributed by atoms with Gasteiger partial charge in [0.15, 0.2) is 5.76 Å². The Kier molecular flexibility index (Phi) is 3.12. The molecule has 1 aromatic heterocycles. The standard InChI is InChI=1S/C8H11N3O3S/c1-5(4-9)11-15(12,13)8-6(2)10-14-7(8)3/h5,11H,1-3H3. The molecular formula is C8H11N3O3S. The summed E-state index contributed by atoms with van der Waals surface area (Å²) in [5.74, 6) is 0.213. The van der Waals surface area contributed by atoms with Crippen molar-refractivity contribution in [3.05, 3.63) is 11.5 Å². The fraction of sp³-hybridized carbons (Fsp3) is 0.500. The Morgan fingerprint density at radius 2 is 2.13 bits per heavy atom. The number of rotatable bonds is 3. The van der Waals surface area contributed by atoms with Crippen molar-refractivity contribution in [3.8, 4) is 6.07 Å². The van der Waals surface area contributed by atoms with Crippen molar-refractivity contribution in [1.82, 2.24) is 9.88 Å². The molecule has 0 bridgehead atoms. The molecule has 7 heteroatoms. The molecule has 1 heterocycles. The smallest absolute Gasteiger partial charge is 0.247 e. The van der Waals surface area contributed by atoms with Crippen LogP contribution in [-0.2, 0) is 10.0 Å². The monoisotopic (exact) mass is 229 g/mol. The summed E-state index contributed by atoms with van der Waals surface area (Å²) >= 11 is 0. The zero-order valence-electron chi connectivity index (χ0n) is 8.60. The van der Waals surface area contributed by atoms with Gasteiger partial charge < -0.3 is 4.52 Å². The van der Waals surface area contributed by atoms with Crippen LogP contribution in [0.3, 0.4) is 0 Å². The number of hydrogen-bond donors (Lipinski definition) is 1. The normalized spacial score (nSPS) is 13.5. The lowest BCUT2D eigenvalue weighted by atomic mass is 10.4. The molecule has 82 valence electrons. The maximum absolute atomic E-state index is 11.7. The maximum atomic E-state index is 11.7. The second-order valence-electron chi connectivity index (χ2n) is 3.13. The first-order valence-electron chi connectivity index (χ1n) is 4.23. The molecule has 0 aliphatic carbocycles. The summed E-state index contributed by atoms with van der Waals surface area (Å²) < 4.78 is 30.4. The molecule has 0 spiro atoms. The van der Waals surface area contributed by atoms with Crippen molar-refractivity contribution in [3.63, 3.8) is 0 Å². The van der Waals surface area contributed by atoms with Gasteiger partial charge in [-0.05, 0) is 20.8 Å². The summed E-state index contributed by atoms with van der Waals surface area (Å²) in [7, 11) is -3.72. The lowest BCUT2D eigenvalue weighted by Crippen LogP contribution is -2.31. The minimum atomic E-state index is -3.72. The van der Waals surface area contributed by atoms with Crippen molar-refractivity contribution in [2.24, 2.45) is 0 Å². The van der Waals surface area contributed by atoms with Gasteiger partial charge in [-0.1, -0.05) is 5.16 Å². The maximum Gasteiger partial charge on any atom is 0.247 e. The lowest BCUT2D eigenvalue weighted by molar-refractivity contribution is 0.390. The van der Waals surface area contributed by atoms with Crippen molar-refractivity contribution in [1.29, 1.82) is 5.26 Å². The van der Waals surface area contributed by atoms with Gasteiger partial charge in [0.2, 0.25) is 10.0 Å². The van der Waals surface area contributed by atoms with Gasteiger partial charge in [-0.15, -0.1) is 0 Å². The van der Waals surface area contributed by atoms with Crippen LogP contribution in [-0.4, -0.2) is 19.6 Å². The van der Waals surface area contributed by atoms with E-state index in [4.69, 9.17) is 9.78 Å². The molecule has 1 N–H and O–H groups in total. The van der Waals surface area contributed by atoms with Gasteiger partial charge in [0, 0.05) is 0 Å². The lowest BCUT2D eigenvalue weighted by Gasteiger charge is -2.06. The third-order valence-corrected chi connectivity index (χ3v) is 3.55. The topological polar surface area (TPSA) is 96.0 Å². The minimum absolute atomic E-state index is 0.00426. The van der Waals surface area contributed by atoms with E-state index in [-0.39, 0.29) is 16.3 Å². The Labute approximate surface area is 87.9 Å². The number of nitriles is 1. The zero-order chi connectivity index (χ0) is 11.6. The predicted octanol–water partition coefficient (Wildman–Crippen LogP) is 0.482. The van der Waals surface area contributed by atoms with Crippen LogP contribution in [0.1, 0.15) is 18.4 Å². The second-order valence-corrected chi connectivity index (χ2v) is 4.78. The van der Waals surface area contributed by atoms with E-state index >= 15 is 0 Å². The van der Waals surface area contributed by atoms with Gasteiger partial charge in [-0.2, -0.15) is 9.98 Å². The van der Waals surface area contributed by atoms with Crippen molar-refractivity contribution < 1.29 is 12.9 Å². The predicted molar refractivity (Wildman–Crippen MR) is 51.4 cm³/mol. The molecule has 0 aromatic carbocycles. The minimum Gasteiger partial charge on any atom is -0.360 e. The summed E-state index contributed by atoms with van der Waals surface area (Å²) in [6.45, 7) is 4.49. The van der Waals surface area contributed by atoms with Crippen LogP contribution < -0.4 is 4.72 Å². The van der Waals surface area contributed by atoms with Crippen molar-refractivity contribution in [2.75, 3.05) is 0 Å². The molecule has 1 atom stereocenters. The molecule has 0 aliphatic heterocycles. The first-order valence-corrected chi connectivity index (χ1v) is 5.71. The summed E-state index contributed by atoms with van der Waals surface area (Å²) in [5, 5.41) is 12.1. The summed E-state index contributed by atoms with van der Waals surface area (Å²) in [6.07, 6.45) is 0. The molecule has 1 aromatic rings. The van der Waals surface area contributed by atoms with Crippen LogP contribution in [0.15, 0.2) is 9.42 Å². The largest absolute Gasteiger partial charge is 0.360 e. The van der Waals surface area contributed by atoms with Crippen LogP contribution in [0, 0.1) is 25.2 Å². The van der Waals surface area contributed by atoms with Gasteiger partial charge in [-0.3, -0.25) is 0 Å². The first kappa shape index (κ1) is 11.7. The van der Waals surface area contributed by atoms with Gasteiger partial charge >= 0.3 is 0 Å². The number of sulfonamides is 1. The van der Waals surface area contributed by atoms with Gasteiger partial charge in [0.25, 0.3) is 0 Å². The highest BCUT2D eigenvalue weighted by atomic mass is 32.2. The first-order chi connectivity index (χ1) is 6.88. The molecular weight excluding hydrogens is 218 g/mol. The van der Waals surface area contributed by atoms with Gasteiger partial charge in [0.05, 0.1) is 6.07 Å². The Hall–Kier alpha value is -1.39. The van der Waals surface area contributed by atoms with Crippen LogP contribution in [0.5, 0.6) is 0 Å². The number of nitrogens with zero attached hydrogens (tertiary/aromatic N) is 2. The second kappa shape index (κ2) is 4.00. The van der Waals surface area contributed by atoms with E-state index < -0.39 is 16.1 Å². The Balaban J connectivity index is 3.14. The van der Waals surface area contributed by atoms with E-state index in [9.17, 15) is 8.42 Å². The molecule has 0 saturated carbocycles. The van der Waals surface area contributed by atoms with Crippen LogP contribution in [0.4, 0.5) is 0 Å². The molecule has 6 nitrogen and oxygen atoms in total. The summed E-state index contributed by atoms with van der Waals surface area (Å²) in [4.78, 5) is 0.00426. The van der Waals surface area contributed by atoms with E-state index in [1.165, 1.54) is 20.8 Å². The Morgan fingerprint density at radius 3 is 2.53 bits per heavy atom. The van der Waals surface area contributed by atoms with Gasteiger partial charge in [0.1, 0.15) is 16.6 Å². The van der Waals surface area contributed by atoms with E-state index in [1.54, 1.807) is 6.07 Å². The quantitative estimate of drug-likeness (QED) is 0.813. The number of aryl methyl sites for hydroxylation is 2. The molecule has 0 saturated heterocycles. The summed E-state index contributed by atoms with van der Waals surface area (Å²) in [6, 6.07) is 0.992. The molecule has 0 amide bonds. The third-order valence-electron chi connectivity index (χ3n) is 1.76. The fourth-order valence-electron chi connectivity index (χ4n) is 1.18. The van der Waals surface area contributed by atoms with E-state index in [2.05, 4.69) is 9.88 Å². The molecule has 0 fully saturated rings. The highest BCUT2D eigenvalue weighted by Crippen LogP contribution is 2.18. The Bertz CT molecular complexity index is 478. The van der Waals surface area contributed by atoms with Crippen molar-refractivity contribution in [2.45, 2.75) is 31.7 Å². The van der Waals surface area contributed by atoms with Crippen LogP contribution >= 0.6 is 0 Å². The fourth-order valence-corrected chi connectivity index (χ4v) is 2.65. The van der Waals surface area contributed by atoms with E-state index in [0.29, 0.717) is 0 Å². The van der Waals surface area contributed by atoms with Gasteiger partial charge in [-0.25, -0.2) is 8.42 Å². The third kappa shape index (κ3) is 2.34. The zero-order valence-corrected chi connectivity index (χ0v) is 9.42. The molecule has 1 unspecified atom stereocenters. The highest BCUT2D eigenvalue weighted by molar-refractivity contribution is 7.89. The molecule has 0 aliphatic rings. The molecule has 15 heavy (non-hydrogen) atoms. The number of aromatic nitrogens is 1. The van der Waals surface area contributed by atoms with E-state index in [1.807, 2.05) is 0 Å². The average molecular weight is 229 g/mol. The van der Waals surface area contributed by atoms with E-state index in [0.717, 1.165) is 0 Å². The van der Waals surface area contributed by atoms with Crippen molar-refractivity contribution >= 4 is 10.0 Å². The number of nitrogens with one attached hydrogen (secondary N) is 1. The molecule has 0 radical (unpaired) electrons. The van der Waals surface area contributed by atoms with Crippen LogP contribution in [0.25, 0.3) is 0 Å². The molecule has 1 rings (SSSR count). The summed E-state index contributed by atoms with van der Waals surface area (Å²) in [5.41, 5.74) is 0.283.